The van der Waals surface area contributed by atoms with Crippen molar-refractivity contribution in [3.63, 3.8) is 0 Å². The SMILES string of the molecule is O=C1c2cccc3c(-c4ccc(Sc5ccccc5)cc4)ccc(c23)N1Cc1ccccc1. The molecule has 1 amide bonds. The summed E-state index contributed by atoms with van der Waals surface area (Å²) in [6, 6.07) is 39.6. The summed E-state index contributed by atoms with van der Waals surface area (Å²) >= 11 is 1.76. The third-order valence-corrected chi connectivity index (χ3v) is 7.13. The van der Waals surface area contributed by atoms with Crippen molar-refractivity contribution in [2.24, 2.45) is 0 Å². The van der Waals surface area contributed by atoms with Gasteiger partial charge in [-0.1, -0.05) is 90.6 Å². The minimum atomic E-state index is 0.0752. The van der Waals surface area contributed by atoms with E-state index in [0.29, 0.717) is 6.54 Å². The zero-order valence-electron chi connectivity index (χ0n) is 17.9. The van der Waals surface area contributed by atoms with E-state index in [0.717, 1.165) is 38.7 Å². The molecule has 0 fully saturated rings. The van der Waals surface area contributed by atoms with Crippen LogP contribution in [0.15, 0.2) is 125 Å². The Morgan fingerprint density at radius 3 is 2.06 bits per heavy atom. The average Bonchev–Trinajstić information content (AvgIpc) is 3.14. The number of amides is 1. The third-order valence-electron chi connectivity index (χ3n) is 6.11. The Balaban J connectivity index is 1.37. The van der Waals surface area contributed by atoms with Gasteiger partial charge >= 0.3 is 0 Å². The standard InChI is InChI=1S/C30H21NOS/c32-30-27-13-7-12-26-25(22-14-16-24(17-15-22)33-23-10-5-2-6-11-23)18-19-28(29(26)27)31(30)20-21-8-3-1-4-9-21/h1-19H,20H2. The molecule has 1 aliphatic heterocycles. The molecule has 1 aliphatic rings. The smallest absolute Gasteiger partial charge is 0.259 e. The summed E-state index contributed by atoms with van der Waals surface area (Å²) in [6.45, 7) is 0.578. The Morgan fingerprint density at radius 1 is 0.606 bits per heavy atom. The van der Waals surface area contributed by atoms with Gasteiger partial charge in [0.15, 0.2) is 0 Å². The van der Waals surface area contributed by atoms with E-state index in [1.165, 1.54) is 9.79 Å². The molecule has 0 unspecified atom stereocenters. The first-order valence-corrected chi connectivity index (χ1v) is 11.8. The highest BCUT2D eigenvalue weighted by Crippen LogP contribution is 2.42. The molecule has 0 saturated carbocycles. The van der Waals surface area contributed by atoms with Crippen molar-refractivity contribution in [2.75, 3.05) is 4.90 Å². The van der Waals surface area contributed by atoms with E-state index in [9.17, 15) is 4.79 Å². The summed E-state index contributed by atoms with van der Waals surface area (Å²) in [5.41, 5.74) is 5.22. The maximum absolute atomic E-state index is 13.3. The van der Waals surface area contributed by atoms with Crippen molar-refractivity contribution in [2.45, 2.75) is 16.3 Å². The lowest BCUT2D eigenvalue weighted by atomic mass is 9.96. The second-order valence-corrected chi connectivity index (χ2v) is 9.32. The van der Waals surface area contributed by atoms with Crippen molar-refractivity contribution in [3.8, 4) is 11.1 Å². The zero-order valence-corrected chi connectivity index (χ0v) is 18.8. The first-order valence-electron chi connectivity index (χ1n) is 11.0. The van der Waals surface area contributed by atoms with Gasteiger partial charge < -0.3 is 4.90 Å². The lowest BCUT2D eigenvalue weighted by molar-refractivity contribution is 0.0991. The predicted molar refractivity (Wildman–Crippen MR) is 137 cm³/mol. The number of rotatable bonds is 5. The van der Waals surface area contributed by atoms with Crippen LogP contribution < -0.4 is 4.90 Å². The number of benzene rings is 5. The van der Waals surface area contributed by atoms with Crippen LogP contribution in [0.4, 0.5) is 5.69 Å². The summed E-state index contributed by atoms with van der Waals surface area (Å²) in [6.07, 6.45) is 0. The number of carbonyl (C=O) groups excluding carboxylic acids is 1. The van der Waals surface area contributed by atoms with Crippen LogP contribution in [-0.4, -0.2) is 5.91 Å². The highest BCUT2D eigenvalue weighted by molar-refractivity contribution is 7.99. The summed E-state index contributed by atoms with van der Waals surface area (Å²) in [5, 5.41) is 2.18. The van der Waals surface area contributed by atoms with Gasteiger partial charge in [-0.2, -0.15) is 0 Å². The summed E-state index contributed by atoms with van der Waals surface area (Å²) in [4.78, 5) is 17.6. The number of carbonyl (C=O) groups is 1. The molecule has 5 aromatic carbocycles. The minimum absolute atomic E-state index is 0.0752. The molecule has 0 spiro atoms. The minimum Gasteiger partial charge on any atom is -0.303 e. The molecule has 5 aromatic rings. The number of hydrogen-bond acceptors (Lipinski definition) is 2. The topological polar surface area (TPSA) is 20.3 Å². The summed E-state index contributed by atoms with van der Waals surface area (Å²) in [7, 11) is 0. The Bertz CT molecular complexity index is 1460. The van der Waals surface area contributed by atoms with Gasteiger partial charge in [0.25, 0.3) is 5.91 Å². The fraction of sp³-hybridized carbons (Fsp3) is 0.0333. The Morgan fingerprint density at radius 2 is 1.30 bits per heavy atom. The third kappa shape index (κ3) is 3.61. The van der Waals surface area contributed by atoms with E-state index in [1.54, 1.807) is 11.8 Å². The second-order valence-electron chi connectivity index (χ2n) is 8.18. The Kier molecular flexibility index (Phi) is 4.97. The fourth-order valence-electron chi connectivity index (χ4n) is 4.55. The second kappa shape index (κ2) is 8.27. The quantitative estimate of drug-likeness (QED) is 0.276. The highest BCUT2D eigenvalue weighted by Gasteiger charge is 2.30. The van der Waals surface area contributed by atoms with E-state index in [1.807, 2.05) is 41.3 Å². The summed E-state index contributed by atoms with van der Waals surface area (Å²) < 4.78 is 0. The molecule has 0 atom stereocenters. The van der Waals surface area contributed by atoms with Crippen LogP contribution in [0.5, 0.6) is 0 Å². The molecule has 0 N–H and O–H groups in total. The van der Waals surface area contributed by atoms with Crippen LogP contribution in [0.25, 0.3) is 21.9 Å². The molecule has 1 heterocycles. The van der Waals surface area contributed by atoms with Crippen LogP contribution in [0.2, 0.25) is 0 Å². The van der Waals surface area contributed by atoms with E-state index in [-0.39, 0.29) is 5.91 Å². The highest BCUT2D eigenvalue weighted by atomic mass is 32.2. The molecule has 0 saturated heterocycles. The van der Waals surface area contributed by atoms with Crippen molar-refractivity contribution in [1.82, 2.24) is 0 Å². The molecule has 33 heavy (non-hydrogen) atoms. The van der Waals surface area contributed by atoms with Gasteiger partial charge in [0.1, 0.15) is 0 Å². The zero-order chi connectivity index (χ0) is 22.2. The normalized spacial score (nSPS) is 12.5. The molecular weight excluding hydrogens is 422 g/mol. The van der Waals surface area contributed by atoms with Crippen LogP contribution in [0.3, 0.4) is 0 Å². The van der Waals surface area contributed by atoms with Gasteiger partial charge in [0, 0.05) is 20.7 Å². The Hall–Kier alpha value is -3.82. The van der Waals surface area contributed by atoms with Gasteiger partial charge in [-0.05, 0) is 58.5 Å². The van der Waals surface area contributed by atoms with Crippen molar-refractivity contribution in [3.05, 3.63) is 126 Å². The number of anilines is 1. The lowest BCUT2D eigenvalue weighted by Crippen LogP contribution is -2.25. The van der Waals surface area contributed by atoms with Gasteiger partial charge in [-0.25, -0.2) is 0 Å². The number of hydrogen-bond donors (Lipinski definition) is 0. The van der Waals surface area contributed by atoms with Gasteiger partial charge in [0.05, 0.1) is 12.2 Å². The maximum Gasteiger partial charge on any atom is 0.259 e. The predicted octanol–water partition coefficient (Wildman–Crippen LogP) is 7.82. The maximum atomic E-state index is 13.3. The van der Waals surface area contributed by atoms with Crippen LogP contribution in [0, 0.1) is 0 Å². The van der Waals surface area contributed by atoms with Gasteiger partial charge in [-0.15, -0.1) is 0 Å². The van der Waals surface area contributed by atoms with E-state index in [4.69, 9.17) is 0 Å². The molecular formula is C30H21NOS. The largest absolute Gasteiger partial charge is 0.303 e. The molecule has 0 bridgehead atoms. The molecule has 2 nitrogen and oxygen atoms in total. The molecule has 0 radical (unpaired) electrons. The molecule has 158 valence electrons. The van der Waals surface area contributed by atoms with E-state index >= 15 is 0 Å². The van der Waals surface area contributed by atoms with Gasteiger partial charge in [0.2, 0.25) is 0 Å². The van der Waals surface area contributed by atoms with Gasteiger partial charge in [-0.3, -0.25) is 4.79 Å². The molecule has 6 rings (SSSR count). The summed E-state index contributed by atoms with van der Waals surface area (Å²) in [5.74, 6) is 0.0752. The van der Waals surface area contributed by atoms with Crippen molar-refractivity contribution >= 4 is 34.1 Å². The van der Waals surface area contributed by atoms with Crippen LogP contribution >= 0.6 is 11.8 Å². The van der Waals surface area contributed by atoms with Crippen molar-refractivity contribution in [1.29, 1.82) is 0 Å². The molecule has 3 heteroatoms. The monoisotopic (exact) mass is 443 g/mol. The first kappa shape index (κ1) is 19.8. The lowest BCUT2D eigenvalue weighted by Gasteiger charge is -2.18. The fourth-order valence-corrected chi connectivity index (χ4v) is 5.39. The van der Waals surface area contributed by atoms with Crippen molar-refractivity contribution < 1.29 is 4.79 Å². The van der Waals surface area contributed by atoms with Crippen LogP contribution in [0.1, 0.15) is 15.9 Å². The van der Waals surface area contributed by atoms with Crippen LogP contribution in [-0.2, 0) is 6.54 Å². The first-order chi connectivity index (χ1) is 16.3. The van der Waals surface area contributed by atoms with E-state index < -0.39 is 0 Å². The molecule has 0 aromatic heterocycles. The average molecular weight is 444 g/mol. The molecule has 0 aliphatic carbocycles. The number of nitrogens with zero attached hydrogens (tertiary/aromatic N) is 1. The van der Waals surface area contributed by atoms with E-state index in [2.05, 4.69) is 78.9 Å². The Labute approximate surface area is 197 Å².